The SMILES string of the molecule is COc1cc2c(cc1OC)/C(=C/c1ccccc1)OC(c1ccccc1)=C2c1ccccc1. The minimum absolute atomic E-state index is 0.661. The van der Waals surface area contributed by atoms with Gasteiger partial charge < -0.3 is 14.2 Å². The first-order valence-corrected chi connectivity index (χ1v) is 10.8. The Morgan fingerprint density at radius 3 is 1.70 bits per heavy atom. The minimum Gasteiger partial charge on any atom is -0.493 e. The van der Waals surface area contributed by atoms with E-state index >= 15 is 0 Å². The van der Waals surface area contributed by atoms with E-state index in [2.05, 4.69) is 42.5 Å². The molecule has 0 N–H and O–H groups in total. The van der Waals surface area contributed by atoms with Gasteiger partial charge >= 0.3 is 0 Å². The highest BCUT2D eigenvalue weighted by molar-refractivity contribution is 6.04. The molecule has 0 saturated carbocycles. The first-order chi connectivity index (χ1) is 16.3. The van der Waals surface area contributed by atoms with Gasteiger partial charge in [-0.3, -0.25) is 0 Å². The third-order valence-corrected chi connectivity index (χ3v) is 5.69. The van der Waals surface area contributed by atoms with Crippen molar-refractivity contribution in [2.24, 2.45) is 0 Å². The third-order valence-electron chi connectivity index (χ3n) is 5.69. The summed E-state index contributed by atoms with van der Waals surface area (Å²) in [5.41, 5.74) is 6.15. The molecule has 0 aromatic heterocycles. The van der Waals surface area contributed by atoms with E-state index in [1.54, 1.807) is 14.2 Å². The molecule has 0 spiro atoms. The molecule has 1 aliphatic heterocycles. The molecule has 0 amide bonds. The molecular weight excluding hydrogens is 408 g/mol. The van der Waals surface area contributed by atoms with Gasteiger partial charge in [0.15, 0.2) is 11.5 Å². The van der Waals surface area contributed by atoms with Gasteiger partial charge in [-0.25, -0.2) is 0 Å². The van der Waals surface area contributed by atoms with Gasteiger partial charge in [-0.1, -0.05) is 91.0 Å². The summed E-state index contributed by atoms with van der Waals surface area (Å²) >= 11 is 0. The van der Waals surface area contributed by atoms with Crippen molar-refractivity contribution in [3.63, 3.8) is 0 Å². The molecule has 4 aromatic carbocycles. The van der Waals surface area contributed by atoms with E-state index in [1.165, 1.54) is 0 Å². The normalized spacial score (nSPS) is 13.9. The Hall–Kier alpha value is -4.24. The van der Waals surface area contributed by atoms with Crippen molar-refractivity contribution in [2.45, 2.75) is 0 Å². The van der Waals surface area contributed by atoms with Crippen LogP contribution in [0, 0.1) is 0 Å². The summed E-state index contributed by atoms with van der Waals surface area (Å²) in [6.45, 7) is 0. The lowest BCUT2D eigenvalue weighted by molar-refractivity contribution is 0.354. The maximum Gasteiger partial charge on any atom is 0.161 e. The van der Waals surface area contributed by atoms with E-state index in [9.17, 15) is 0 Å². The third kappa shape index (κ3) is 4.01. The monoisotopic (exact) mass is 432 g/mol. The van der Waals surface area contributed by atoms with Crippen LogP contribution in [0.2, 0.25) is 0 Å². The van der Waals surface area contributed by atoms with Crippen LogP contribution in [0.1, 0.15) is 27.8 Å². The summed E-state index contributed by atoms with van der Waals surface area (Å²) in [5.74, 6) is 2.91. The van der Waals surface area contributed by atoms with Crippen molar-refractivity contribution in [1.82, 2.24) is 0 Å². The molecule has 0 saturated heterocycles. The predicted molar refractivity (Wildman–Crippen MR) is 134 cm³/mol. The van der Waals surface area contributed by atoms with Crippen molar-refractivity contribution in [2.75, 3.05) is 14.2 Å². The van der Waals surface area contributed by atoms with Crippen LogP contribution in [0.5, 0.6) is 11.5 Å². The Morgan fingerprint density at radius 2 is 1.12 bits per heavy atom. The lowest BCUT2D eigenvalue weighted by Crippen LogP contribution is -2.09. The molecule has 162 valence electrons. The first-order valence-electron chi connectivity index (χ1n) is 10.8. The van der Waals surface area contributed by atoms with E-state index in [0.29, 0.717) is 11.5 Å². The Morgan fingerprint density at radius 1 is 0.606 bits per heavy atom. The average Bonchev–Trinajstić information content (AvgIpc) is 2.89. The van der Waals surface area contributed by atoms with Gasteiger partial charge in [0.2, 0.25) is 0 Å². The molecule has 1 aliphatic rings. The van der Waals surface area contributed by atoms with Crippen molar-refractivity contribution < 1.29 is 14.2 Å². The summed E-state index contributed by atoms with van der Waals surface area (Å²) < 4.78 is 18.0. The zero-order chi connectivity index (χ0) is 22.6. The average molecular weight is 433 g/mol. The van der Waals surface area contributed by atoms with Gasteiger partial charge in [0.25, 0.3) is 0 Å². The molecule has 0 atom stereocenters. The molecule has 3 nitrogen and oxygen atoms in total. The number of methoxy groups -OCH3 is 2. The second-order valence-corrected chi connectivity index (χ2v) is 7.71. The van der Waals surface area contributed by atoms with Gasteiger partial charge in [0, 0.05) is 22.3 Å². The van der Waals surface area contributed by atoms with Gasteiger partial charge in [-0.2, -0.15) is 0 Å². The Balaban J connectivity index is 1.84. The minimum atomic E-state index is 0.661. The fraction of sp³-hybridized carbons (Fsp3) is 0.0667. The molecule has 0 radical (unpaired) electrons. The molecule has 0 fully saturated rings. The van der Waals surface area contributed by atoms with Crippen LogP contribution in [0.4, 0.5) is 0 Å². The summed E-state index contributed by atoms with van der Waals surface area (Å²) in [7, 11) is 3.31. The van der Waals surface area contributed by atoms with Crippen molar-refractivity contribution in [1.29, 1.82) is 0 Å². The summed E-state index contributed by atoms with van der Waals surface area (Å²) in [6, 6.07) is 34.7. The Labute approximate surface area is 194 Å². The lowest BCUT2D eigenvalue weighted by Gasteiger charge is -2.28. The largest absolute Gasteiger partial charge is 0.493 e. The molecule has 0 bridgehead atoms. The smallest absolute Gasteiger partial charge is 0.161 e. The fourth-order valence-corrected chi connectivity index (χ4v) is 4.12. The molecule has 1 heterocycles. The molecule has 0 aliphatic carbocycles. The number of benzene rings is 4. The topological polar surface area (TPSA) is 27.7 Å². The Bertz CT molecular complexity index is 1320. The van der Waals surface area contributed by atoms with Crippen LogP contribution in [0.3, 0.4) is 0 Å². The summed E-state index contributed by atoms with van der Waals surface area (Å²) in [6.07, 6.45) is 2.06. The van der Waals surface area contributed by atoms with Crippen LogP contribution in [0.25, 0.3) is 23.2 Å². The highest BCUT2D eigenvalue weighted by atomic mass is 16.5. The second-order valence-electron chi connectivity index (χ2n) is 7.71. The molecule has 5 rings (SSSR count). The summed E-state index contributed by atoms with van der Waals surface area (Å²) in [5, 5.41) is 0. The van der Waals surface area contributed by atoms with Crippen LogP contribution in [-0.2, 0) is 4.74 Å². The number of hydrogen-bond donors (Lipinski definition) is 0. The number of hydrogen-bond acceptors (Lipinski definition) is 3. The van der Waals surface area contributed by atoms with E-state index in [-0.39, 0.29) is 0 Å². The van der Waals surface area contributed by atoms with Crippen LogP contribution >= 0.6 is 0 Å². The fourth-order valence-electron chi connectivity index (χ4n) is 4.12. The Kier molecular flexibility index (Phi) is 5.69. The second kappa shape index (κ2) is 9.09. The quantitative estimate of drug-likeness (QED) is 0.335. The summed E-state index contributed by atoms with van der Waals surface area (Å²) in [4.78, 5) is 0. The van der Waals surface area contributed by atoms with E-state index < -0.39 is 0 Å². The van der Waals surface area contributed by atoms with Crippen LogP contribution < -0.4 is 9.47 Å². The molecule has 0 unspecified atom stereocenters. The van der Waals surface area contributed by atoms with Gasteiger partial charge in [0.05, 0.1) is 14.2 Å². The van der Waals surface area contributed by atoms with Crippen molar-refractivity contribution >= 4 is 23.2 Å². The van der Waals surface area contributed by atoms with Gasteiger partial charge in [-0.15, -0.1) is 0 Å². The van der Waals surface area contributed by atoms with Crippen molar-refractivity contribution in [3.8, 4) is 11.5 Å². The standard InChI is InChI=1S/C30H24O3/c1-31-27-19-24-25(20-28(27)32-2)29(22-14-8-4-9-15-22)30(23-16-10-5-11-17-23)33-26(24)18-21-12-6-3-7-13-21/h3-20H,1-2H3/b26-18-. The van der Waals surface area contributed by atoms with Crippen LogP contribution in [-0.4, -0.2) is 14.2 Å². The lowest BCUT2D eigenvalue weighted by atomic mass is 9.87. The predicted octanol–water partition coefficient (Wildman–Crippen LogP) is 7.15. The zero-order valence-corrected chi connectivity index (χ0v) is 18.6. The molecule has 3 heteroatoms. The highest BCUT2D eigenvalue weighted by Crippen LogP contribution is 2.47. The highest BCUT2D eigenvalue weighted by Gasteiger charge is 2.28. The van der Waals surface area contributed by atoms with Gasteiger partial charge in [0.1, 0.15) is 11.5 Å². The molecular formula is C30H24O3. The van der Waals surface area contributed by atoms with Crippen molar-refractivity contribution in [3.05, 3.63) is 131 Å². The number of ether oxygens (including phenoxy) is 3. The van der Waals surface area contributed by atoms with E-state index in [0.717, 1.165) is 44.9 Å². The maximum atomic E-state index is 6.69. The van der Waals surface area contributed by atoms with Crippen LogP contribution in [0.15, 0.2) is 103 Å². The number of rotatable bonds is 5. The molecule has 33 heavy (non-hydrogen) atoms. The number of fused-ring (bicyclic) bond motifs is 1. The molecule has 4 aromatic rings. The zero-order valence-electron chi connectivity index (χ0n) is 18.6. The maximum absolute atomic E-state index is 6.69. The first kappa shape index (κ1) is 20.7. The van der Waals surface area contributed by atoms with E-state index in [4.69, 9.17) is 14.2 Å². The van der Waals surface area contributed by atoms with Gasteiger partial charge in [-0.05, 0) is 29.3 Å². The van der Waals surface area contributed by atoms with E-state index in [1.807, 2.05) is 66.7 Å².